The van der Waals surface area contributed by atoms with Crippen LogP contribution < -0.4 is 5.32 Å². The Balaban J connectivity index is 1.40. The quantitative estimate of drug-likeness (QED) is 0.297. The van der Waals surface area contributed by atoms with E-state index in [1.54, 1.807) is 17.3 Å². The number of carbonyl (C=O) groups excluding carboxylic acids is 1. The van der Waals surface area contributed by atoms with Crippen LogP contribution in [-0.4, -0.2) is 55.1 Å². The predicted octanol–water partition coefficient (Wildman–Crippen LogP) is 5.87. The molecule has 4 aromatic rings. The van der Waals surface area contributed by atoms with Crippen molar-refractivity contribution in [3.05, 3.63) is 64.9 Å². The number of pyridine rings is 1. The molecule has 1 saturated heterocycles. The highest BCUT2D eigenvalue weighted by atomic mass is 127. The molecule has 1 fully saturated rings. The molecule has 3 aromatic heterocycles. The van der Waals surface area contributed by atoms with Crippen molar-refractivity contribution in [2.75, 3.05) is 18.4 Å². The van der Waals surface area contributed by atoms with Crippen molar-refractivity contribution >= 4 is 40.1 Å². The molecule has 5 rings (SSSR count). The van der Waals surface area contributed by atoms with Gasteiger partial charge < -0.3 is 15.0 Å². The minimum atomic E-state index is -0.512. The highest BCUT2D eigenvalue weighted by Gasteiger charge is 2.28. The van der Waals surface area contributed by atoms with E-state index in [4.69, 9.17) is 9.72 Å². The van der Waals surface area contributed by atoms with Gasteiger partial charge >= 0.3 is 6.09 Å². The number of amides is 1. The van der Waals surface area contributed by atoms with Crippen molar-refractivity contribution in [2.45, 2.75) is 45.3 Å². The standard InChI is InChI=1S/C27H29IN6O2/c1-27(2,3)36-26(35)33-13-5-8-21(16-33)31-24-25-32-22(17-34(25)23(28)15-30-24)20-7-4-6-19(14-20)18-9-11-29-12-10-18/h4,6-7,9-12,14-15,17,21H,5,8,13,16H2,1-3H3,(H,30,31)/t21-/m0/s1. The lowest BCUT2D eigenvalue weighted by Crippen LogP contribution is -2.47. The largest absolute Gasteiger partial charge is 0.444 e. The number of hydrogen-bond acceptors (Lipinski definition) is 6. The molecule has 0 radical (unpaired) electrons. The Morgan fingerprint density at radius 1 is 1.14 bits per heavy atom. The normalized spacial score (nSPS) is 16.2. The fraction of sp³-hybridized carbons (Fsp3) is 0.333. The van der Waals surface area contributed by atoms with Crippen molar-refractivity contribution in [3.8, 4) is 22.4 Å². The number of anilines is 1. The Morgan fingerprint density at radius 3 is 2.69 bits per heavy atom. The van der Waals surface area contributed by atoms with E-state index in [-0.39, 0.29) is 12.1 Å². The summed E-state index contributed by atoms with van der Waals surface area (Å²) in [6, 6.07) is 12.4. The molecule has 186 valence electrons. The summed E-state index contributed by atoms with van der Waals surface area (Å²) < 4.78 is 8.60. The van der Waals surface area contributed by atoms with Crippen LogP contribution >= 0.6 is 22.6 Å². The summed E-state index contributed by atoms with van der Waals surface area (Å²) in [6.07, 6.45) is 9.06. The monoisotopic (exact) mass is 596 g/mol. The molecule has 8 nitrogen and oxygen atoms in total. The summed E-state index contributed by atoms with van der Waals surface area (Å²) in [6.45, 7) is 6.93. The van der Waals surface area contributed by atoms with Crippen molar-refractivity contribution in [3.63, 3.8) is 0 Å². The summed E-state index contributed by atoms with van der Waals surface area (Å²) in [7, 11) is 0. The second kappa shape index (κ2) is 10.0. The maximum Gasteiger partial charge on any atom is 0.410 e. The zero-order chi connectivity index (χ0) is 25.3. The summed E-state index contributed by atoms with van der Waals surface area (Å²) in [5.74, 6) is 0.711. The third-order valence-corrected chi connectivity index (χ3v) is 6.83. The minimum absolute atomic E-state index is 0.0674. The Kier molecular flexibility index (Phi) is 6.83. The number of hydrogen-bond donors (Lipinski definition) is 1. The number of ether oxygens (including phenoxy) is 1. The summed E-state index contributed by atoms with van der Waals surface area (Å²) >= 11 is 2.27. The maximum atomic E-state index is 12.6. The van der Waals surface area contributed by atoms with E-state index >= 15 is 0 Å². The van der Waals surface area contributed by atoms with Crippen LogP contribution in [-0.2, 0) is 4.74 Å². The van der Waals surface area contributed by atoms with E-state index in [0.717, 1.165) is 44.6 Å². The first kappa shape index (κ1) is 24.5. The van der Waals surface area contributed by atoms with E-state index in [9.17, 15) is 4.79 Å². The number of fused-ring (bicyclic) bond motifs is 1. The SMILES string of the molecule is CC(C)(C)OC(=O)N1CCC[C@H](Nc2ncc(I)n3cc(-c4cccc(-c5ccncc5)c4)nc23)C1. The van der Waals surface area contributed by atoms with E-state index < -0.39 is 5.60 Å². The molecule has 1 atom stereocenters. The highest BCUT2D eigenvalue weighted by Crippen LogP contribution is 2.28. The zero-order valence-electron chi connectivity index (χ0n) is 20.6. The predicted molar refractivity (Wildman–Crippen MR) is 149 cm³/mol. The van der Waals surface area contributed by atoms with Crippen LogP contribution in [0.25, 0.3) is 28.0 Å². The lowest BCUT2D eigenvalue weighted by molar-refractivity contribution is 0.0206. The van der Waals surface area contributed by atoms with E-state index in [0.29, 0.717) is 18.9 Å². The maximum absolute atomic E-state index is 12.6. The third kappa shape index (κ3) is 5.45. The molecule has 1 N–H and O–H groups in total. The second-order valence-corrected chi connectivity index (χ2v) is 11.1. The van der Waals surface area contributed by atoms with Gasteiger partial charge in [0.1, 0.15) is 9.30 Å². The first-order valence-corrected chi connectivity index (χ1v) is 13.1. The van der Waals surface area contributed by atoms with Gasteiger partial charge in [0.25, 0.3) is 0 Å². The van der Waals surface area contributed by atoms with Crippen LogP contribution in [0, 0.1) is 3.70 Å². The van der Waals surface area contributed by atoms with Gasteiger partial charge in [-0.15, -0.1) is 0 Å². The van der Waals surface area contributed by atoms with Gasteiger partial charge in [-0.3, -0.25) is 9.38 Å². The van der Waals surface area contributed by atoms with Crippen molar-refractivity contribution in [1.82, 2.24) is 24.3 Å². The average molecular weight is 596 g/mol. The molecule has 1 aliphatic rings. The number of rotatable bonds is 4. The molecule has 1 aliphatic heterocycles. The van der Waals surface area contributed by atoms with Gasteiger partial charge in [-0.1, -0.05) is 18.2 Å². The Labute approximate surface area is 224 Å². The van der Waals surface area contributed by atoms with Gasteiger partial charge in [0, 0.05) is 43.3 Å². The molecule has 0 bridgehead atoms. The van der Waals surface area contributed by atoms with E-state index in [2.05, 4.69) is 60.5 Å². The smallest absolute Gasteiger partial charge is 0.410 e. The zero-order valence-corrected chi connectivity index (χ0v) is 22.8. The molecule has 4 heterocycles. The van der Waals surface area contributed by atoms with Gasteiger partial charge in [-0.2, -0.15) is 0 Å². The molecule has 0 spiro atoms. The number of nitrogens with zero attached hydrogens (tertiary/aromatic N) is 5. The number of aromatic nitrogens is 4. The lowest BCUT2D eigenvalue weighted by atomic mass is 10.0. The third-order valence-electron chi connectivity index (χ3n) is 6.03. The number of carbonyl (C=O) groups is 1. The van der Waals surface area contributed by atoms with Gasteiger partial charge in [0.05, 0.1) is 11.9 Å². The Morgan fingerprint density at radius 2 is 1.92 bits per heavy atom. The van der Waals surface area contributed by atoms with Crippen LogP contribution in [0.1, 0.15) is 33.6 Å². The van der Waals surface area contributed by atoms with Crippen molar-refractivity contribution < 1.29 is 9.53 Å². The second-order valence-electron chi connectivity index (χ2n) is 9.98. The molecular formula is C27H29IN6O2. The number of likely N-dealkylation sites (tertiary alicyclic amines) is 1. The number of benzene rings is 1. The molecule has 9 heteroatoms. The minimum Gasteiger partial charge on any atom is -0.444 e. The summed E-state index contributed by atoms with van der Waals surface area (Å²) in [5, 5.41) is 3.55. The Hall–Kier alpha value is -3.21. The van der Waals surface area contributed by atoms with Gasteiger partial charge in [-0.25, -0.2) is 14.8 Å². The van der Waals surface area contributed by atoms with Crippen LogP contribution in [0.4, 0.5) is 10.6 Å². The number of halogens is 1. The highest BCUT2D eigenvalue weighted by molar-refractivity contribution is 14.1. The average Bonchev–Trinajstić information content (AvgIpc) is 3.33. The fourth-order valence-corrected chi connectivity index (χ4v) is 4.88. The van der Waals surface area contributed by atoms with Gasteiger partial charge in [-0.05, 0) is 85.5 Å². The number of piperidine rings is 1. The van der Waals surface area contributed by atoms with E-state index in [1.807, 2.05) is 51.4 Å². The van der Waals surface area contributed by atoms with Crippen molar-refractivity contribution in [2.24, 2.45) is 0 Å². The molecule has 0 saturated carbocycles. The lowest BCUT2D eigenvalue weighted by Gasteiger charge is -2.34. The van der Waals surface area contributed by atoms with Gasteiger partial charge in [0.2, 0.25) is 0 Å². The molecule has 1 amide bonds. The van der Waals surface area contributed by atoms with Crippen LogP contribution in [0.15, 0.2) is 61.2 Å². The number of nitrogens with one attached hydrogen (secondary N) is 1. The molecular weight excluding hydrogens is 567 g/mol. The van der Waals surface area contributed by atoms with Crippen LogP contribution in [0.5, 0.6) is 0 Å². The molecule has 0 aliphatic carbocycles. The van der Waals surface area contributed by atoms with Crippen molar-refractivity contribution in [1.29, 1.82) is 0 Å². The van der Waals surface area contributed by atoms with E-state index in [1.165, 1.54) is 0 Å². The first-order chi connectivity index (χ1) is 17.3. The number of imidazole rings is 1. The van der Waals surface area contributed by atoms with Gasteiger partial charge in [0.15, 0.2) is 11.5 Å². The molecule has 36 heavy (non-hydrogen) atoms. The first-order valence-electron chi connectivity index (χ1n) is 12.1. The Bertz CT molecular complexity index is 1380. The fourth-order valence-electron chi connectivity index (χ4n) is 4.37. The topological polar surface area (TPSA) is 84.7 Å². The molecule has 0 unspecified atom stereocenters. The summed E-state index contributed by atoms with van der Waals surface area (Å²) in [4.78, 5) is 28.1. The molecule has 1 aromatic carbocycles. The van der Waals surface area contributed by atoms with Crippen LogP contribution in [0.3, 0.4) is 0 Å². The summed E-state index contributed by atoms with van der Waals surface area (Å²) in [5.41, 5.74) is 4.38. The van der Waals surface area contributed by atoms with Crippen LogP contribution in [0.2, 0.25) is 0 Å².